The minimum absolute atomic E-state index is 0.160. The van der Waals surface area contributed by atoms with E-state index < -0.39 is 0 Å². The van der Waals surface area contributed by atoms with Gasteiger partial charge in [-0.05, 0) is 25.5 Å². The molecule has 0 aliphatic heterocycles. The summed E-state index contributed by atoms with van der Waals surface area (Å²) >= 11 is 3.24. The lowest BCUT2D eigenvalue weighted by Gasteiger charge is -2.00. The molecule has 0 fully saturated rings. The summed E-state index contributed by atoms with van der Waals surface area (Å²) in [5, 5.41) is 10.5. The molecule has 0 atom stereocenters. The lowest BCUT2D eigenvalue weighted by molar-refractivity contribution is -0.385. The van der Waals surface area contributed by atoms with Gasteiger partial charge < -0.3 is 0 Å². The smallest absolute Gasteiger partial charge is 0.258 e. The van der Waals surface area contributed by atoms with Crippen LogP contribution >= 0.6 is 15.9 Å². The van der Waals surface area contributed by atoms with E-state index in [0.29, 0.717) is 5.56 Å². The molecule has 0 heterocycles. The van der Waals surface area contributed by atoms with Crippen LogP contribution in [0.1, 0.15) is 11.1 Å². The Labute approximate surface area is 78.7 Å². The maximum absolute atomic E-state index is 10.5. The zero-order valence-electron chi connectivity index (χ0n) is 6.80. The molecule has 0 bridgehead atoms. The Hall–Kier alpha value is -0.900. The zero-order valence-corrected chi connectivity index (χ0v) is 8.38. The molecule has 1 aromatic carbocycles. The fraction of sp³-hybridized carbons (Fsp3) is 0.250. The van der Waals surface area contributed by atoms with Crippen LogP contribution in [0.4, 0.5) is 5.69 Å². The van der Waals surface area contributed by atoms with Gasteiger partial charge in [0.15, 0.2) is 0 Å². The molecule has 0 unspecified atom stereocenters. The van der Waals surface area contributed by atoms with Crippen molar-refractivity contribution in [2.75, 3.05) is 0 Å². The maximum Gasteiger partial charge on any atom is 0.273 e. The highest BCUT2D eigenvalue weighted by Gasteiger charge is 2.11. The van der Waals surface area contributed by atoms with Gasteiger partial charge in [0.05, 0.1) is 4.92 Å². The predicted octanol–water partition coefficient (Wildman–Crippen LogP) is 2.97. The number of nitro groups is 1. The summed E-state index contributed by atoms with van der Waals surface area (Å²) in [5.41, 5.74) is 1.87. The molecule has 64 valence electrons. The number of aryl methyl sites for hydroxylation is 2. The van der Waals surface area contributed by atoms with Crippen molar-refractivity contribution >= 4 is 21.6 Å². The van der Waals surface area contributed by atoms with Crippen molar-refractivity contribution in [2.45, 2.75) is 13.8 Å². The van der Waals surface area contributed by atoms with Crippen LogP contribution in [-0.4, -0.2) is 4.92 Å². The van der Waals surface area contributed by atoms with Crippen LogP contribution in [0.2, 0.25) is 0 Å². The van der Waals surface area contributed by atoms with Gasteiger partial charge in [-0.25, -0.2) is 0 Å². The molecule has 0 radical (unpaired) electrons. The summed E-state index contributed by atoms with van der Waals surface area (Å²) in [6.07, 6.45) is 0. The summed E-state index contributed by atoms with van der Waals surface area (Å²) in [7, 11) is 0. The quantitative estimate of drug-likeness (QED) is 0.549. The summed E-state index contributed by atoms with van der Waals surface area (Å²) < 4.78 is 0.778. The second-order valence-electron chi connectivity index (χ2n) is 2.64. The first-order chi connectivity index (χ1) is 5.52. The van der Waals surface area contributed by atoms with E-state index in [2.05, 4.69) is 15.9 Å². The van der Waals surface area contributed by atoms with Gasteiger partial charge >= 0.3 is 0 Å². The van der Waals surface area contributed by atoms with Gasteiger partial charge in [-0.3, -0.25) is 10.1 Å². The molecule has 0 N–H and O–H groups in total. The van der Waals surface area contributed by atoms with Crippen molar-refractivity contribution in [3.8, 4) is 0 Å². The number of benzene rings is 1. The van der Waals surface area contributed by atoms with E-state index >= 15 is 0 Å². The Morgan fingerprint density at radius 3 is 2.42 bits per heavy atom. The van der Waals surface area contributed by atoms with E-state index in [9.17, 15) is 10.1 Å². The summed E-state index contributed by atoms with van der Waals surface area (Å²) in [4.78, 5) is 10.1. The zero-order chi connectivity index (χ0) is 9.30. The average molecular weight is 230 g/mol. The molecular weight excluding hydrogens is 222 g/mol. The lowest BCUT2D eigenvalue weighted by atomic mass is 10.1. The third-order valence-electron chi connectivity index (χ3n) is 1.67. The number of nitro benzene ring substituents is 1. The molecule has 1 aromatic rings. The second-order valence-corrected chi connectivity index (χ2v) is 3.50. The van der Waals surface area contributed by atoms with E-state index in [1.54, 1.807) is 13.0 Å². The van der Waals surface area contributed by atoms with E-state index in [4.69, 9.17) is 0 Å². The molecule has 3 nitrogen and oxygen atoms in total. The molecule has 12 heavy (non-hydrogen) atoms. The highest BCUT2D eigenvalue weighted by atomic mass is 79.9. The highest BCUT2D eigenvalue weighted by molar-refractivity contribution is 9.10. The maximum atomic E-state index is 10.5. The van der Waals surface area contributed by atoms with Gasteiger partial charge in [0.2, 0.25) is 0 Å². The van der Waals surface area contributed by atoms with Crippen molar-refractivity contribution in [3.05, 3.63) is 37.8 Å². The lowest BCUT2D eigenvalue weighted by Crippen LogP contribution is -1.92. The summed E-state index contributed by atoms with van der Waals surface area (Å²) in [6, 6.07) is 3.33. The van der Waals surface area contributed by atoms with Crippen LogP contribution in [0, 0.1) is 24.0 Å². The Bertz CT molecular complexity index is 336. The summed E-state index contributed by atoms with van der Waals surface area (Å²) in [5.74, 6) is 0. The first-order valence-corrected chi connectivity index (χ1v) is 4.23. The van der Waals surface area contributed by atoms with Crippen molar-refractivity contribution in [3.63, 3.8) is 0 Å². The van der Waals surface area contributed by atoms with E-state index in [1.807, 2.05) is 6.92 Å². The van der Waals surface area contributed by atoms with Gasteiger partial charge in [0, 0.05) is 16.1 Å². The molecule has 4 heteroatoms. The normalized spacial score (nSPS) is 9.92. The number of hydrogen-bond donors (Lipinski definition) is 0. The van der Waals surface area contributed by atoms with E-state index in [-0.39, 0.29) is 10.6 Å². The van der Waals surface area contributed by atoms with Crippen molar-refractivity contribution in [2.24, 2.45) is 0 Å². The Morgan fingerprint density at radius 1 is 1.33 bits per heavy atom. The van der Waals surface area contributed by atoms with Crippen LogP contribution in [-0.2, 0) is 0 Å². The number of hydrogen-bond acceptors (Lipinski definition) is 2. The third-order valence-corrected chi connectivity index (χ3v) is 2.53. The topological polar surface area (TPSA) is 43.1 Å². The number of nitrogens with zero attached hydrogens (tertiary/aromatic N) is 1. The standard InChI is InChI=1S/C8H8BrNO2/c1-5-3-6(2)8(10(11)12)4-7(5)9/h3-4H,1-2H3. The molecule has 0 aliphatic carbocycles. The van der Waals surface area contributed by atoms with Crippen LogP contribution in [0.15, 0.2) is 16.6 Å². The van der Waals surface area contributed by atoms with Crippen LogP contribution < -0.4 is 0 Å². The van der Waals surface area contributed by atoms with Gasteiger partial charge in [0.1, 0.15) is 0 Å². The molecular formula is C8H8BrNO2. The van der Waals surface area contributed by atoms with Crippen molar-refractivity contribution in [1.29, 1.82) is 0 Å². The fourth-order valence-corrected chi connectivity index (χ4v) is 1.34. The first-order valence-electron chi connectivity index (χ1n) is 3.43. The van der Waals surface area contributed by atoms with Crippen molar-refractivity contribution < 1.29 is 4.92 Å². The molecule has 0 amide bonds. The minimum Gasteiger partial charge on any atom is -0.258 e. The van der Waals surface area contributed by atoms with E-state index in [0.717, 1.165) is 10.0 Å². The second kappa shape index (κ2) is 3.23. The SMILES string of the molecule is Cc1cc(C)c([N+](=O)[O-])cc1Br. The molecule has 0 spiro atoms. The van der Waals surface area contributed by atoms with Gasteiger partial charge in [-0.1, -0.05) is 15.9 Å². The molecule has 0 aromatic heterocycles. The van der Waals surface area contributed by atoms with Crippen LogP contribution in [0.5, 0.6) is 0 Å². The first kappa shape index (κ1) is 9.19. The largest absolute Gasteiger partial charge is 0.273 e. The third kappa shape index (κ3) is 1.64. The fourth-order valence-electron chi connectivity index (χ4n) is 1.01. The van der Waals surface area contributed by atoms with Crippen LogP contribution in [0.3, 0.4) is 0 Å². The minimum atomic E-state index is -0.375. The van der Waals surface area contributed by atoms with Gasteiger partial charge in [0.25, 0.3) is 5.69 Å². The Kier molecular flexibility index (Phi) is 2.47. The molecule has 1 rings (SSSR count). The highest BCUT2D eigenvalue weighted by Crippen LogP contribution is 2.25. The van der Waals surface area contributed by atoms with Gasteiger partial charge in [-0.15, -0.1) is 0 Å². The monoisotopic (exact) mass is 229 g/mol. The van der Waals surface area contributed by atoms with Crippen molar-refractivity contribution in [1.82, 2.24) is 0 Å². The number of halogens is 1. The average Bonchev–Trinajstić information content (AvgIpc) is 1.96. The molecule has 0 saturated carbocycles. The molecule has 0 saturated heterocycles. The van der Waals surface area contributed by atoms with Gasteiger partial charge in [-0.2, -0.15) is 0 Å². The number of rotatable bonds is 1. The molecule has 0 aliphatic rings. The Balaban J connectivity index is 3.33. The Morgan fingerprint density at radius 2 is 1.92 bits per heavy atom. The predicted molar refractivity (Wildman–Crippen MR) is 50.3 cm³/mol. The van der Waals surface area contributed by atoms with Crippen LogP contribution in [0.25, 0.3) is 0 Å². The summed E-state index contributed by atoms with van der Waals surface area (Å²) in [6.45, 7) is 3.64. The van der Waals surface area contributed by atoms with E-state index in [1.165, 1.54) is 6.07 Å².